The van der Waals surface area contributed by atoms with Gasteiger partial charge in [0.1, 0.15) is 0 Å². The topological polar surface area (TPSA) is 149 Å². The van der Waals surface area contributed by atoms with E-state index >= 15 is 0 Å². The van der Waals surface area contributed by atoms with Crippen molar-refractivity contribution in [1.82, 2.24) is 0 Å². The summed E-state index contributed by atoms with van der Waals surface area (Å²) in [4.78, 5) is 44.3. The lowest BCUT2D eigenvalue weighted by molar-refractivity contribution is -0.159. The Hall–Kier alpha value is -2.12. The second-order valence-electron chi connectivity index (χ2n) is 6.26. The Morgan fingerprint density at radius 3 is 1.70 bits per heavy atom. The standard InChI is InChI=1S/C15H22O8/c1-7-3-2-4-8(5-10(12(16)17)13(18)19)9(7)6-11(14(20)21)15(22)23/h7-11H,2-6H2,1H3,(H,16,17)(H,18,19)(H,20,21)(H,22,23). The van der Waals surface area contributed by atoms with Crippen molar-refractivity contribution >= 4 is 23.9 Å². The zero-order chi connectivity index (χ0) is 17.7. The molecular weight excluding hydrogens is 308 g/mol. The molecule has 1 saturated carbocycles. The van der Waals surface area contributed by atoms with Gasteiger partial charge in [0.2, 0.25) is 0 Å². The van der Waals surface area contributed by atoms with Crippen molar-refractivity contribution in [3.63, 3.8) is 0 Å². The summed E-state index contributed by atoms with van der Waals surface area (Å²) in [6, 6.07) is 0. The maximum Gasteiger partial charge on any atom is 0.317 e. The lowest BCUT2D eigenvalue weighted by Crippen LogP contribution is -2.36. The molecule has 0 aromatic rings. The van der Waals surface area contributed by atoms with Crippen LogP contribution < -0.4 is 0 Å². The Balaban J connectivity index is 2.94. The third-order valence-corrected chi connectivity index (χ3v) is 4.81. The van der Waals surface area contributed by atoms with E-state index in [1.54, 1.807) is 0 Å². The molecule has 130 valence electrons. The molecule has 3 atom stereocenters. The van der Waals surface area contributed by atoms with Crippen LogP contribution >= 0.6 is 0 Å². The van der Waals surface area contributed by atoms with Gasteiger partial charge in [0.15, 0.2) is 11.8 Å². The molecule has 0 saturated heterocycles. The molecule has 0 spiro atoms. The zero-order valence-electron chi connectivity index (χ0n) is 12.8. The predicted octanol–water partition coefficient (Wildman–Crippen LogP) is 1.39. The van der Waals surface area contributed by atoms with Gasteiger partial charge in [-0.2, -0.15) is 0 Å². The van der Waals surface area contributed by atoms with E-state index in [0.717, 1.165) is 12.8 Å². The maximum absolute atomic E-state index is 11.1. The minimum Gasteiger partial charge on any atom is -0.481 e. The van der Waals surface area contributed by atoms with Crippen molar-refractivity contribution in [2.24, 2.45) is 29.6 Å². The monoisotopic (exact) mass is 330 g/mol. The molecule has 8 nitrogen and oxygen atoms in total. The van der Waals surface area contributed by atoms with Crippen LogP contribution in [0.5, 0.6) is 0 Å². The highest BCUT2D eigenvalue weighted by Crippen LogP contribution is 2.41. The molecule has 1 aliphatic carbocycles. The van der Waals surface area contributed by atoms with E-state index in [0.29, 0.717) is 6.42 Å². The predicted molar refractivity (Wildman–Crippen MR) is 76.8 cm³/mol. The Morgan fingerprint density at radius 1 is 0.826 bits per heavy atom. The van der Waals surface area contributed by atoms with Crippen LogP contribution in [0, 0.1) is 29.6 Å². The van der Waals surface area contributed by atoms with Gasteiger partial charge in [-0.3, -0.25) is 19.2 Å². The van der Waals surface area contributed by atoms with Crippen molar-refractivity contribution in [3.05, 3.63) is 0 Å². The molecule has 23 heavy (non-hydrogen) atoms. The number of hydrogen-bond acceptors (Lipinski definition) is 4. The fourth-order valence-electron chi connectivity index (χ4n) is 3.50. The maximum atomic E-state index is 11.1. The highest BCUT2D eigenvalue weighted by atomic mass is 16.4. The van der Waals surface area contributed by atoms with Crippen molar-refractivity contribution in [2.45, 2.75) is 39.0 Å². The summed E-state index contributed by atoms with van der Waals surface area (Å²) >= 11 is 0. The molecule has 0 radical (unpaired) electrons. The van der Waals surface area contributed by atoms with E-state index in [1.807, 2.05) is 6.92 Å². The molecule has 0 bridgehead atoms. The van der Waals surface area contributed by atoms with Gasteiger partial charge in [0, 0.05) is 0 Å². The van der Waals surface area contributed by atoms with Crippen LogP contribution in [0.1, 0.15) is 39.0 Å². The average molecular weight is 330 g/mol. The van der Waals surface area contributed by atoms with Gasteiger partial charge < -0.3 is 20.4 Å². The van der Waals surface area contributed by atoms with Gasteiger partial charge in [-0.15, -0.1) is 0 Å². The Bertz CT molecular complexity index is 458. The molecule has 1 fully saturated rings. The molecule has 0 heterocycles. The third kappa shape index (κ3) is 4.94. The summed E-state index contributed by atoms with van der Waals surface area (Å²) in [6.45, 7) is 1.87. The van der Waals surface area contributed by atoms with Gasteiger partial charge in [-0.25, -0.2) is 0 Å². The summed E-state index contributed by atoms with van der Waals surface area (Å²) in [5.41, 5.74) is 0. The number of carbonyl (C=O) groups is 4. The number of rotatable bonds is 8. The van der Waals surface area contributed by atoms with Crippen molar-refractivity contribution in [2.75, 3.05) is 0 Å². The van der Waals surface area contributed by atoms with Gasteiger partial charge in [0.05, 0.1) is 0 Å². The van der Waals surface area contributed by atoms with Crippen LogP contribution in [-0.4, -0.2) is 44.3 Å². The summed E-state index contributed by atoms with van der Waals surface area (Å²) in [7, 11) is 0. The van der Waals surface area contributed by atoms with Crippen molar-refractivity contribution in [1.29, 1.82) is 0 Å². The summed E-state index contributed by atoms with van der Waals surface area (Å²) < 4.78 is 0. The Morgan fingerprint density at radius 2 is 1.26 bits per heavy atom. The lowest BCUT2D eigenvalue weighted by Gasteiger charge is -2.38. The largest absolute Gasteiger partial charge is 0.481 e. The molecule has 0 amide bonds. The van der Waals surface area contributed by atoms with Crippen molar-refractivity contribution < 1.29 is 39.6 Å². The highest BCUT2D eigenvalue weighted by Gasteiger charge is 2.40. The molecular formula is C15H22O8. The van der Waals surface area contributed by atoms with Crippen LogP contribution in [0.3, 0.4) is 0 Å². The van der Waals surface area contributed by atoms with Gasteiger partial charge in [-0.1, -0.05) is 26.2 Å². The van der Waals surface area contributed by atoms with Crippen LogP contribution in [0.15, 0.2) is 0 Å². The van der Waals surface area contributed by atoms with E-state index < -0.39 is 35.7 Å². The summed E-state index contributed by atoms with van der Waals surface area (Å²) in [6.07, 6.45) is 1.95. The third-order valence-electron chi connectivity index (χ3n) is 4.81. The first kappa shape index (κ1) is 18.9. The van der Waals surface area contributed by atoms with Gasteiger partial charge in [-0.05, 0) is 30.6 Å². The first-order chi connectivity index (χ1) is 10.6. The fourth-order valence-corrected chi connectivity index (χ4v) is 3.50. The van der Waals surface area contributed by atoms with E-state index in [-0.39, 0.29) is 30.6 Å². The number of carboxylic acid groups (broad SMARTS) is 4. The number of carboxylic acids is 4. The first-order valence-electron chi connectivity index (χ1n) is 7.56. The molecule has 1 aliphatic rings. The quantitative estimate of drug-likeness (QED) is 0.488. The smallest absolute Gasteiger partial charge is 0.317 e. The number of hydrogen-bond donors (Lipinski definition) is 4. The van der Waals surface area contributed by atoms with E-state index in [4.69, 9.17) is 20.4 Å². The summed E-state index contributed by atoms with van der Waals surface area (Å²) in [5, 5.41) is 36.1. The SMILES string of the molecule is CC1CCCC(CC(C(=O)O)C(=O)O)C1CC(C(=O)O)C(=O)O. The minimum absolute atomic E-state index is 0.0261. The van der Waals surface area contributed by atoms with Crippen LogP contribution in [0.4, 0.5) is 0 Å². The fraction of sp³-hybridized carbons (Fsp3) is 0.733. The first-order valence-corrected chi connectivity index (χ1v) is 7.56. The molecule has 3 unspecified atom stereocenters. The average Bonchev–Trinajstić information content (AvgIpc) is 2.42. The lowest BCUT2D eigenvalue weighted by atomic mass is 9.67. The van der Waals surface area contributed by atoms with E-state index in [2.05, 4.69) is 0 Å². The highest BCUT2D eigenvalue weighted by molar-refractivity contribution is 5.93. The van der Waals surface area contributed by atoms with Crippen LogP contribution in [0.25, 0.3) is 0 Å². The zero-order valence-corrected chi connectivity index (χ0v) is 12.8. The summed E-state index contributed by atoms with van der Waals surface area (Å²) in [5.74, 6) is -9.43. The molecule has 1 rings (SSSR count). The molecule has 8 heteroatoms. The second kappa shape index (κ2) is 7.94. The van der Waals surface area contributed by atoms with E-state index in [9.17, 15) is 19.2 Å². The Kier molecular flexibility index (Phi) is 6.53. The molecule has 0 aliphatic heterocycles. The van der Waals surface area contributed by atoms with Crippen LogP contribution in [-0.2, 0) is 19.2 Å². The number of aliphatic carboxylic acids is 4. The Labute approximate surface area is 133 Å². The van der Waals surface area contributed by atoms with Gasteiger partial charge >= 0.3 is 23.9 Å². The van der Waals surface area contributed by atoms with E-state index in [1.165, 1.54) is 0 Å². The molecule has 0 aromatic heterocycles. The molecule has 4 N–H and O–H groups in total. The minimum atomic E-state index is -1.56. The van der Waals surface area contributed by atoms with Gasteiger partial charge in [0.25, 0.3) is 0 Å². The van der Waals surface area contributed by atoms with Crippen molar-refractivity contribution in [3.8, 4) is 0 Å². The van der Waals surface area contributed by atoms with Crippen LogP contribution in [0.2, 0.25) is 0 Å². The normalized spacial score (nSPS) is 24.6. The second-order valence-corrected chi connectivity index (χ2v) is 6.26. The molecule has 0 aromatic carbocycles.